The molecule has 0 radical (unpaired) electrons. The molecule has 3 nitrogen and oxygen atoms in total. The lowest BCUT2D eigenvalue weighted by Gasteiger charge is -1.95. The van der Waals surface area contributed by atoms with E-state index >= 15 is 0 Å². The summed E-state index contributed by atoms with van der Waals surface area (Å²) in [4.78, 5) is 20.1. The summed E-state index contributed by atoms with van der Waals surface area (Å²) in [7, 11) is 0. The van der Waals surface area contributed by atoms with Crippen molar-refractivity contribution in [3.8, 4) is 5.75 Å². The average Bonchev–Trinajstić information content (AvgIpc) is 2.06. The molecule has 0 heterocycles. The molecule has 0 aliphatic rings. The summed E-state index contributed by atoms with van der Waals surface area (Å²) in [5.41, 5.74) is 0.490. The van der Waals surface area contributed by atoms with Crippen LogP contribution in [0.25, 0.3) is 0 Å². The zero-order valence-corrected chi connectivity index (χ0v) is 5.69. The van der Waals surface area contributed by atoms with E-state index in [1.54, 1.807) is 18.2 Å². The molecule has 3 heteroatoms. The first kappa shape index (κ1) is 7.47. The van der Waals surface area contributed by atoms with E-state index in [2.05, 4.69) is 4.74 Å². The molecule has 0 aromatic heterocycles. The molecule has 0 amide bonds. The van der Waals surface area contributed by atoms with Crippen LogP contribution in [0.5, 0.6) is 5.75 Å². The lowest BCUT2D eigenvalue weighted by Crippen LogP contribution is -1.89. The van der Waals surface area contributed by atoms with Crippen molar-refractivity contribution in [1.82, 2.24) is 0 Å². The normalized spacial score (nSPS) is 8.73. The number of hydrogen-bond donors (Lipinski definition) is 0. The van der Waals surface area contributed by atoms with Crippen molar-refractivity contribution in [2.75, 3.05) is 0 Å². The first-order valence-electron chi connectivity index (χ1n) is 3.02. The molecular formula is C8H6O3. The van der Waals surface area contributed by atoms with Gasteiger partial charge < -0.3 is 4.74 Å². The molecule has 1 aromatic carbocycles. The lowest BCUT2D eigenvalue weighted by atomic mass is 10.2. The van der Waals surface area contributed by atoms with Crippen LogP contribution in [-0.4, -0.2) is 12.8 Å². The lowest BCUT2D eigenvalue weighted by molar-refractivity contribution is -0.120. The van der Waals surface area contributed by atoms with Gasteiger partial charge >= 0.3 is 0 Å². The van der Waals surface area contributed by atoms with Crippen molar-refractivity contribution in [1.29, 1.82) is 0 Å². The van der Waals surface area contributed by atoms with Gasteiger partial charge in [-0.1, -0.05) is 12.1 Å². The first-order chi connectivity index (χ1) is 5.36. The van der Waals surface area contributed by atoms with E-state index in [9.17, 15) is 9.59 Å². The summed E-state index contributed by atoms with van der Waals surface area (Å²) < 4.78 is 4.51. The fourth-order valence-electron chi connectivity index (χ4n) is 0.717. The van der Waals surface area contributed by atoms with Crippen molar-refractivity contribution in [2.24, 2.45) is 0 Å². The van der Waals surface area contributed by atoms with Crippen LogP contribution in [0.2, 0.25) is 0 Å². The summed E-state index contributed by atoms with van der Waals surface area (Å²) >= 11 is 0. The van der Waals surface area contributed by atoms with Crippen LogP contribution < -0.4 is 4.74 Å². The number of benzene rings is 1. The van der Waals surface area contributed by atoms with Gasteiger partial charge in [0.15, 0.2) is 0 Å². The van der Waals surface area contributed by atoms with Crippen molar-refractivity contribution in [2.45, 2.75) is 0 Å². The molecule has 0 spiro atoms. The second-order valence-corrected chi connectivity index (χ2v) is 1.90. The first-order valence-corrected chi connectivity index (χ1v) is 3.02. The molecule has 1 rings (SSSR count). The van der Waals surface area contributed by atoms with E-state index in [1.165, 1.54) is 6.07 Å². The van der Waals surface area contributed by atoms with Gasteiger partial charge in [-0.25, -0.2) is 0 Å². The Morgan fingerprint density at radius 3 is 2.73 bits per heavy atom. The van der Waals surface area contributed by atoms with Gasteiger partial charge in [0.1, 0.15) is 12.0 Å². The molecular weight excluding hydrogens is 144 g/mol. The molecule has 0 bridgehead atoms. The molecule has 0 fully saturated rings. The Morgan fingerprint density at radius 1 is 1.27 bits per heavy atom. The number of carbonyl (C=O) groups excluding carboxylic acids is 2. The van der Waals surface area contributed by atoms with Gasteiger partial charge in [0.2, 0.25) is 0 Å². The molecule has 0 aliphatic carbocycles. The van der Waals surface area contributed by atoms with Crippen LogP contribution in [0.1, 0.15) is 10.4 Å². The third-order valence-corrected chi connectivity index (χ3v) is 1.18. The predicted octanol–water partition coefficient (Wildman–Crippen LogP) is 1.03. The molecule has 56 valence electrons. The number of aldehydes is 1. The Kier molecular flexibility index (Phi) is 2.38. The smallest absolute Gasteiger partial charge is 0.298 e. The number of ether oxygens (including phenoxy) is 1. The predicted molar refractivity (Wildman–Crippen MR) is 38.5 cm³/mol. The zero-order valence-electron chi connectivity index (χ0n) is 5.69. The van der Waals surface area contributed by atoms with Crippen LogP contribution in [-0.2, 0) is 4.79 Å². The highest BCUT2D eigenvalue weighted by molar-refractivity contribution is 5.75. The maximum atomic E-state index is 10.2. The second-order valence-electron chi connectivity index (χ2n) is 1.90. The van der Waals surface area contributed by atoms with E-state index in [4.69, 9.17) is 0 Å². The quantitative estimate of drug-likeness (QED) is 0.604. The third kappa shape index (κ3) is 1.89. The van der Waals surface area contributed by atoms with E-state index in [1.807, 2.05) is 0 Å². The van der Waals surface area contributed by atoms with Crippen molar-refractivity contribution in [3.05, 3.63) is 29.8 Å². The molecule has 0 atom stereocenters. The van der Waals surface area contributed by atoms with Gasteiger partial charge in [-0.2, -0.15) is 0 Å². The Balaban J connectivity index is 2.90. The molecule has 0 aliphatic heterocycles. The van der Waals surface area contributed by atoms with Crippen LogP contribution in [0.4, 0.5) is 0 Å². The Hall–Kier alpha value is -1.64. The second kappa shape index (κ2) is 3.51. The minimum atomic E-state index is 0.323. The Bertz CT molecular complexity index is 268. The van der Waals surface area contributed by atoms with Gasteiger partial charge in [0, 0.05) is 5.56 Å². The number of carbonyl (C=O) groups is 2. The highest BCUT2D eigenvalue weighted by Gasteiger charge is 1.93. The molecule has 0 saturated carbocycles. The third-order valence-electron chi connectivity index (χ3n) is 1.18. The maximum Gasteiger partial charge on any atom is 0.298 e. The van der Waals surface area contributed by atoms with Gasteiger partial charge in [0.25, 0.3) is 6.47 Å². The monoisotopic (exact) mass is 150 g/mol. The number of hydrogen-bond acceptors (Lipinski definition) is 3. The molecule has 0 unspecified atom stereocenters. The summed E-state index contributed by atoms with van der Waals surface area (Å²) in [6, 6.07) is 6.36. The summed E-state index contributed by atoms with van der Waals surface area (Å²) in [6.07, 6.45) is 0.692. The highest BCUT2D eigenvalue weighted by Crippen LogP contribution is 2.10. The van der Waals surface area contributed by atoms with Gasteiger partial charge in [-0.3, -0.25) is 9.59 Å². The van der Waals surface area contributed by atoms with E-state index in [0.717, 1.165) is 0 Å². The van der Waals surface area contributed by atoms with Gasteiger partial charge in [0.05, 0.1) is 0 Å². The average molecular weight is 150 g/mol. The zero-order chi connectivity index (χ0) is 8.10. The minimum absolute atomic E-state index is 0.323. The highest BCUT2D eigenvalue weighted by atomic mass is 16.5. The summed E-state index contributed by atoms with van der Waals surface area (Å²) in [5, 5.41) is 0. The Morgan fingerprint density at radius 2 is 2.09 bits per heavy atom. The maximum absolute atomic E-state index is 10.2. The Labute approximate surface area is 63.6 Å². The largest absolute Gasteiger partial charge is 0.429 e. The van der Waals surface area contributed by atoms with Gasteiger partial charge in [-0.05, 0) is 12.1 Å². The van der Waals surface area contributed by atoms with E-state index in [0.29, 0.717) is 24.1 Å². The van der Waals surface area contributed by atoms with Crippen LogP contribution in [0.15, 0.2) is 24.3 Å². The van der Waals surface area contributed by atoms with Gasteiger partial charge in [-0.15, -0.1) is 0 Å². The molecule has 11 heavy (non-hydrogen) atoms. The van der Waals surface area contributed by atoms with Crippen LogP contribution >= 0.6 is 0 Å². The van der Waals surface area contributed by atoms with Crippen molar-refractivity contribution in [3.63, 3.8) is 0 Å². The fourth-order valence-corrected chi connectivity index (χ4v) is 0.717. The molecule has 0 N–H and O–H groups in total. The number of rotatable bonds is 3. The van der Waals surface area contributed by atoms with Crippen LogP contribution in [0.3, 0.4) is 0 Å². The van der Waals surface area contributed by atoms with Crippen molar-refractivity contribution < 1.29 is 14.3 Å². The van der Waals surface area contributed by atoms with Crippen molar-refractivity contribution >= 4 is 12.8 Å². The molecule has 0 saturated heterocycles. The van der Waals surface area contributed by atoms with E-state index in [-0.39, 0.29) is 0 Å². The standard InChI is InChI=1S/C8H6O3/c9-5-7-2-1-3-8(4-7)11-6-10/h1-6H. The van der Waals surface area contributed by atoms with Crippen LogP contribution in [0, 0.1) is 0 Å². The fraction of sp³-hybridized carbons (Fsp3) is 0. The topological polar surface area (TPSA) is 43.4 Å². The SMILES string of the molecule is O=COc1cccc(C=O)c1. The minimum Gasteiger partial charge on any atom is -0.429 e. The molecule has 1 aromatic rings. The summed E-state index contributed by atoms with van der Waals surface area (Å²) in [6.45, 7) is 0.323. The van der Waals surface area contributed by atoms with E-state index < -0.39 is 0 Å². The summed E-state index contributed by atoms with van der Waals surface area (Å²) in [5.74, 6) is 0.379.